The molecule has 1 amide bonds. The monoisotopic (exact) mass is 257 g/mol. The molecule has 0 aromatic carbocycles. The van der Waals surface area contributed by atoms with Crippen LogP contribution in [0.3, 0.4) is 0 Å². The van der Waals surface area contributed by atoms with Gasteiger partial charge in [-0.1, -0.05) is 6.07 Å². The van der Waals surface area contributed by atoms with E-state index in [1.165, 1.54) is 0 Å². The maximum atomic E-state index is 11.4. The van der Waals surface area contributed by atoms with Crippen molar-refractivity contribution in [2.75, 3.05) is 7.05 Å². The second-order valence-corrected chi connectivity index (χ2v) is 10.1. The minimum Gasteiger partial charge on any atom is -0.409 e. The van der Waals surface area contributed by atoms with Gasteiger partial charge < -0.3 is 9.74 Å². The summed E-state index contributed by atoms with van der Waals surface area (Å²) in [5.74, 6) is 0.0247. The molecule has 1 N–H and O–H groups in total. The first kappa shape index (κ1) is 13.4. The number of rotatable bonds is 5. The highest BCUT2D eigenvalue weighted by molar-refractivity contribution is 7.10. The Balaban J connectivity index is 2.74. The van der Waals surface area contributed by atoms with Crippen molar-refractivity contribution in [1.29, 1.82) is 0 Å². The van der Waals surface area contributed by atoms with Gasteiger partial charge in [-0.05, 0) is 31.1 Å². The molecule has 1 aromatic heterocycles. The van der Waals surface area contributed by atoms with Crippen LogP contribution in [-0.4, -0.2) is 21.3 Å². The fourth-order valence-electron chi connectivity index (χ4n) is 1.37. The number of carbonyl (C=O) groups is 1. The van der Waals surface area contributed by atoms with E-state index in [1.54, 1.807) is 18.4 Å². The van der Waals surface area contributed by atoms with E-state index in [2.05, 4.69) is 25.0 Å². The molecule has 1 aromatic rings. The van der Waals surface area contributed by atoms with Crippen LogP contribution in [0, 0.1) is 0 Å². The summed E-state index contributed by atoms with van der Waals surface area (Å²) in [5, 5.41) is 4.66. The molecule has 5 heteroatoms. The molecule has 1 rings (SSSR count). The molecule has 0 saturated carbocycles. The Labute approximate surface area is 102 Å². The third kappa shape index (κ3) is 4.47. The number of carbonyl (C=O) groups excluding carboxylic acids is 1. The van der Waals surface area contributed by atoms with Gasteiger partial charge in [-0.3, -0.25) is 4.79 Å². The summed E-state index contributed by atoms with van der Waals surface area (Å²) >= 11 is 1.64. The van der Waals surface area contributed by atoms with Crippen LogP contribution in [-0.2, 0) is 9.22 Å². The van der Waals surface area contributed by atoms with E-state index in [0.717, 1.165) is 4.88 Å². The molecule has 0 aliphatic rings. The Bertz CT molecular complexity index is 332. The molecule has 0 fully saturated rings. The molecule has 0 spiro atoms. The smallest absolute Gasteiger partial charge is 0.222 e. The molecule has 1 heterocycles. The lowest BCUT2D eigenvalue weighted by Crippen LogP contribution is -2.30. The summed E-state index contributed by atoms with van der Waals surface area (Å²) in [6, 6.07) is 4.02. The van der Waals surface area contributed by atoms with E-state index in [0.29, 0.717) is 6.42 Å². The molecule has 3 nitrogen and oxygen atoms in total. The van der Waals surface area contributed by atoms with Gasteiger partial charge in [-0.2, -0.15) is 0 Å². The highest BCUT2D eigenvalue weighted by Gasteiger charge is 2.24. The maximum Gasteiger partial charge on any atom is 0.222 e. The quantitative estimate of drug-likeness (QED) is 0.824. The van der Waals surface area contributed by atoms with E-state index in [9.17, 15) is 4.79 Å². The van der Waals surface area contributed by atoms with Gasteiger partial charge in [0.15, 0.2) is 8.32 Å². The predicted octanol–water partition coefficient (Wildman–Crippen LogP) is 2.78. The molecule has 0 aliphatic carbocycles. The summed E-state index contributed by atoms with van der Waals surface area (Å²) in [7, 11) is 0.0257. The highest BCUT2D eigenvalue weighted by atomic mass is 32.1. The van der Waals surface area contributed by atoms with Crippen LogP contribution < -0.4 is 5.32 Å². The number of nitrogens with one attached hydrogen (secondary N) is 1. The molecule has 0 saturated heterocycles. The van der Waals surface area contributed by atoms with Gasteiger partial charge >= 0.3 is 0 Å². The molecule has 90 valence electrons. The standard InChI is InChI=1S/C11H19NO2SSi/c1-12-11(13)8-9(14-16(2,3)4)10-6-5-7-15-10/h5-7,9H,8H2,1-4H3,(H,12,13)/t9-/m0/s1. The maximum absolute atomic E-state index is 11.4. The fraction of sp³-hybridized carbons (Fsp3) is 0.545. The number of thiophene rings is 1. The van der Waals surface area contributed by atoms with Crippen molar-refractivity contribution in [2.45, 2.75) is 32.2 Å². The molecule has 16 heavy (non-hydrogen) atoms. The SMILES string of the molecule is CNC(=O)C[C@H](O[Si](C)(C)C)c1cccs1. The Morgan fingerprint density at radius 3 is 2.69 bits per heavy atom. The zero-order valence-electron chi connectivity index (χ0n) is 10.2. The normalized spacial score (nSPS) is 13.5. The van der Waals surface area contributed by atoms with Crippen molar-refractivity contribution < 1.29 is 9.22 Å². The van der Waals surface area contributed by atoms with E-state index < -0.39 is 8.32 Å². The summed E-state index contributed by atoms with van der Waals surface area (Å²) < 4.78 is 6.04. The van der Waals surface area contributed by atoms with Gasteiger partial charge in [0.25, 0.3) is 0 Å². The molecular weight excluding hydrogens is 238 g/mol. The van der Waals surface area contributed by atoms with Gasteiger partial charge in [0.05, 0.1) is 12.5 Å². The number of hydrogen-bond acceptors (Lipinski definition) is 3. The van der Waals surface area contributed by atoms with Crippen molar-refractivity contribution in [3.8, 4) is 0 Å². The van der Waals surface area contributed by atoms with Gasteiger partial charge in [-0.25, -0.2) is 0 Å². The van der Waals surface area contributed by atoms with Crippen molar-refractivity contribution in [1.82, 2.24) is 5.32 Å². The third-order valence-corrected chi connectivity index (χ3v) is 3.96. The van der Waals surface area contributed by atoms with Crippen LogP contribution in [0.4, 0.5) is 0 Å². The first-order valence-corrected chi connectivity index (χ1v) is 9.63. The van der Waals surface area contributed by atoms with Crippen molar-refractivity contribution >= 4 is 25.6 Å². The Morgan fingerprint density at radius 2 is 2.25 bits per heavy atom. The lowest BCUT2D eigenvalue weighted by molar-refractivity contribution is -0.122. The molecule has 0 unspecified atom stereocenters. The zero-order valence-corrected chi connectivity index (χ0v) is 12.1. The minimum atomic E-state index is -1.63. The first-order valence-electron chi connectivity index (χ1n) is 5.34. The van der Waals surface area contributed by atoms with Gasteiger partial charge in [0.2, 0.25) is 5.91 Å². The third-order valence-electron chi connectivity index (χ3n) is 2.01. The molecule has 1 atom stereocenters. The Hall–Kier alpha value is -0.653. The summed E-state index contributed by atoms with van der Waals surface area (Å²) in [6.45, 7) is 6.41. The van der Waals surface area contributed by atoms with Crippen LogP contribution in [0.25, 0.3) is 0 Å². The van der Waals surface area contributed by atoms with Crippen LogP contribution in [0.1, 0.15) is 17.4 Å². The van der Waals surface area contributed by atoms with Gasteiger partial charge in [0, 0.05) is 11.9 Å². The number of amides is 1. The van der Waals surface area contributed by atoms with Gasteiger partial charge in [-0.15, -0.1) is 11.3 Å². The first-order chi connectivity index (χ1) is 7.42. The average molecular weight is 257 g/mol. The lowest BCUT2D eigenvalue weighted by Gasteiger charge is -2.25. The predicted molar refractivity (Wildman–Crippen MR) is 70.2 cm³/mol. The van der Waals surface area contributed by atoms with E-state index in [4.69, 9.17) is 4.43 Å². The largest absolute Gasteiger partial charge is 0.409 e. The summed E-state index contributed by atoms with van der Waals surface area (Å²) in [6.07, 6.45) is 0.313. The summed E-state index contributed by atoms with van der Waals surface area (Å²) in [4.78, 5) is 12.6. The average Bonchev–Trinajstić information content (AvgIpc) is 2.67. The van der Waals surface area contributed by atoms with Crippen molar-refractivity contribution in [2.24, 2.45) is 0 Å². The van der Waals surface area contributed by atoms with E-state index in [1.807, 2.05) is 17.5 Å². The van der Waals surface area contributed by atoms with Crippen LogP contribution in [0.5, 0.6) is 0 Å². The topological polar surface area (TPSA) is 38.3 Å². The van der Waals surface area contributed by atoms with Crippen molar-refractivity contribution in [3.63, 3.8) is 0 Å². The second-order valence-electron chi connectivity index (χ2n) is 4.61. The summed E-state index contributed by atoms with van der Waals surface area (Å²) in [5.41, 5.74) is 0. The highest BCUT2D eigenvalue weighted by Crippen LogP contribution is 2.28. The van der Waals surface area contributed by atoms with Crippen LogP contribution >= 0.6 is 11.3 Å². The van der Waals surface area contributed by atoms with Crippen molar-refractivity contribution in [3.05, 3.63) is 22.4 Å². The zero-order chi connectivity index (χ0) is 12.2. The molecule has 0 aliphatic heterocycles. The van der Waals surface area contributed by atoms with E-state index in [-0.39, 0.29) is 12.0 Å². The molecular formula is C11H19NO2SSi. The lowest BCUT2D eigenvalue weighted by atomic mass is 10.2. The number of hydrogen-bond donors (Lipinski definition) is 1. The molecule has 0 radical (unpaired) electrons. The fourth-order valence-corrected chi connectivity index (χ4v) is 3.28. The van der Waals surface area contributed by atoms with Gasteiger partial charge in [0.1, 0.15) is 0 Å². The van der Waals surface area contributed by atoms with Crippen LogP contribution in [0.2, 0.25) is 19.6 Å². The molecule has 0 bridgehead atoms. The van der Waals surface area contributed by atoms with E-state index >= 15 is 0 Å². The van der Waals surface area contributed by atoms with Crippen LogP contribution in [0.15, 0.2) is 17.5 Å². The minimum absolute atomic E-state index is 0.0247. The second kappa shape index (κ2) is 5.61. The Kier molecular flexibility index (Phi) is 4.70. The Morgan fingerprint density at radius 1 is 1.56 bits per heavy atom.